The van der Waals surface area contributed by atoms with E-state index in [2.05, 4.69) is 15.5 Å². The van der Waals surface area contributed by atoms with Crippen molar-refractivity contribution in [1.82, 2.24) is 10.1 Å². The molecule has 0 aliphatic rings. The van der Waals surface area contributed by atoms with Gasteiger partial charge in [0.1, 0.15) is 17.4 Å². The van der Waals surface area contributed by atoms with Gasteiger partial charge in [-0.25, -0.2) is 8.78 Å². The summed E-state index contributed by atoms with van der Waals surface area (Å²) in [6.45, 7) is -0.228. The number of hydrogen-bond acceptors (Lipinski definition) is 5. The molecule has 0 aliphatic carbocycles. The first-order chi connectivity index (χ1) is 14.6. The lowest BCUT2D eigenvalue weighted by Crippen LogP contribution is -2.20. The van der Waals surface area contributed by atoms with E-state index < -0.39 is 0 Å². The number of halogens is 2. The molecule has 6 nitrogen and oxygen atoms in total. The number of nitrogens with zero attached hydrogens (tertiary/aromatic N) is 2. The molecule has 0 fully saturated rings. The summed E-state index contributed by atoms with van der Waals surface area (Å²) in [7, 11) is 0. The molecule has 0 atom stereocenters. The molecule has 0 saturated heterocycles. The molecule has 1 N–H and O–H groups in total. The maximum atomic E-state index is 13.1. The monoisotopic (exact) mass is 407 g/mol. The van der Waals surface area contributed by atoms with Crippen LogP contribution in [0.25, 0.3) is 22.8 Å². The maximum absolute atomic E-state index is 13.1. The zero-order valence-corrected chi connectivity index (χ0v) is 15.5. The van der Waals surface area contributed by atoms with Crippen molar-refractivity contribution in [2.75, 3.05) is 11.9 Å². The van der Waals surface area contributed by atoms with Crippen LogP contribution < -0.4 is 10.1 Å². The second kappa shape index (κ2) is 8.52. The van der Waals surface area contributed by atoms with Gasteiger partial charge in [0.15, 0.2) is 6.61 Å². The van der Waals surface area contributed by atoms with Crippen molar-refractivity contribution in [3.63, 3.8) is 0 Å². The topological polar surface area (TPSA) is 77.2 Å². The normalized spacial score (nSPS) is 10.6. The summed E-state index contributed by atoms with van der Waals surface area (Å²) in [5, 5.41) is 6.55. The Morgan fingerprint density at radius 3 is 2.37 bits per heavy atom. The summed E-state index contributed by atoms with van der Waals surface area (Å²) in [6, 6.07) is 18.0. The molecule has 150 valence electrons. The van der Waals surface area contributed by atoms with Crippen LogP contribution in [0.5, 0.6) is 5.75 Å². The summed E-state index contributed by atoms with van der Waals surface area (Å²) >= 11 is 0. The minimum Gasteiger partial charge on any atom is -0.484 e. The lowest BCUT2D eigenvalue weighted by molar-refractivity contribution is -0.118. The molecule has 4 aromatic rings. The number of anilines is 1. The molecular formula is C22H15F2N3O3. The Labute approximate surface area is 170 Å². The van der Waals surface area contributed by atoms with Gasteiger partial charge in [-0.3, -0.25) is 4.79 Å². The zero-order valence-electron chi connectivity index (χ0n) is 15.5. The Kier molecular flexibility index (Phi) is 5.47. The molecule has 8 heteroatoms. The highest BCUT2D eigenvalue weighted by Gasteiger charge is 2.12. The van der Waals surface area contributed by atoms with E-state index in [1.54, 1.807) is 36.4 Å². The molecule has 1 aromatic heterocycles. The number of rotatable bonds is 6. The molecule has 0 saturated carbocycles. The van der Waals surface area contributed by atoms with Crippen molar-refractivity contribution in [2.24, 2.45) is 0 Å². The molecule has 0 radical (unpaired) electrons. The molecule has 0 aliphatic heterocycles. The van der Waals surface area contributed by atoms with Crippen molar-refractivity contribution in [3.8, 4) is 28.6 Å². The maximum Gasteiger partial charge on any atom is 0.262 e. The van der Waals surface area contributed by atoms with E-state index in [0.717, 1.165) is 0 Å². The van der Waals surface area contributed by atoms with Crippen LogP contribution in [-0.2, 0) is 4.79 Å². The van der Waals surface area contributed by atoms with E-state index in [1.807, 2.05) is 0 Å². The third kappa shape index (κ3) is 4.67. The quantitative estimate of drug-likeness (QED) is 0.501. The van der Waals surface area contributed by atoms with Gasteiger partial charge in [0, 0.05) is 16.8 Å². The average molecular weight is 407 g/mol. The predicted octanol–water partition coefficient (Wildman–Crippen LogP) is 4.70. The summed E-state index contributed by atoms with van der Waals surface area (Å²) in [6.07, 6.45) is 0. The zero-order chi connectivity index (χ0) is 20.9. The largest absolute Gasteiger partial charge is 0.484 e. The van der Waals surface area contributed by atoms with Crippen LogP contribution >= 0.6 is 0 Å². The summed E-state index contributed by atoms with van der Waals surface area (Å²) < 4.78 is 36.7. The van der Waals surface area contributed by atoms with Crippen molar-refractivity contribution < 1.29 is 22.8 Å². The lowest BCUT2D eigenvalue weighted by atomic mass is 10.2. The van der Waals surface area contributed by atoms with Gasteiger partial charge in [0.25, 0.3) is 11.8 Å². The van der Waals surface area contributed by atoms with Crippen LogP contribution in [0.2, 0.25) is 0 Å². The molecule has 0 spiro atoms. The Morgan fingerprint density at radius 1 is 0.933 bits per heavy atom. The summed E-state index contributed by atoms with van der Waals surface area (Å²) in [5.41, 5.74) is 1.70. The Bertz CT molecular complexity index is 1160. The van der Waals surface area contributed by atoms with Crippen molar-refractivity contribution >= 4 is 11.6 Å². The predicted molar refractivity (Wildman–Crippen MR) is 106 cm³/mol. The number of hydrogen-bond donors (Lipinski definition) is 1. The number of nitrogens with one attached hydrogen (secondary N) is 1. The average Bonchev–Trinajstić information content (AvgIpc) is 3.25. The third-order valence-corrected chi connectivity index (χ3v) is 4.11. The highest BCUT2D eigenvalue weighted by Crippen LogP contribution is 2.25. The minimum atomic E-state index is -0.384. The second-order valence-corrected chi connectivity index (χ2v) is 6.30. The molecule has 4 rings (SSSR count). The first-order valence-electron chi connectivity index (χ1n) is 8.95. The third-order valence-electron chi connectivity index (χ3n) is 4.11. The van der Waals surface area contributed by atoms with E-state index in [0.29, 0.717) is 28.4 Å². The van der Waals surface area contributed by atoms with Gasteiger partial charge in [-0.15, -0.1) is 0 Å². The van der Waals surface area contributed by atoms with Crippen molar-refractivity contribution in [2.45, 2.75) is 0 Å². The van der Waals surface area contributed by atoms with Gasteiger partial charge in [-0.05, 0) is 60.7 Å². The molecule has 3 aromatic carbocycles. The van der Waals surface area contributed by atoms with Gasteiger partial charge in [-0.2, -0.15) is 4.98 Å². The number of ether oxygens (including phenoxy) is 1. The molecule has 0 bridgehead atoms. The standard InChI is InChI=1S/C22H15F2N3O3/c23-16-6-4-14(5-7-16)22-26-21(27-30-22)15-2-1-3-19(12-15)29-13-20(28)25-18-10-8-17(24)9-11-18/h1-12H,13H2,(H,25,28). The van der Waals surface area contributed by atoms with E-state index >= 15 is 0 Å². The molecule has 30 heavy (non-hydrogen) atoms. The first kappa shape index (κ1) is 19.3. The Morgan fingerprint density at radius 2 is 1.63 bits per heavy atom. The molecule has 1 amide bonds. The smallest absolute Gasteiger partial charge is 0.262 e. The van der Waals surface area contributed by atoms with Crippen LogP contribution in [0.15, 0.2) is 77.3 Å². The fraction of sp³-hybridized carbons (Fsp3) is 0.0455. The number of benzene rings is 3. The Hall–Kier alpha value is -4.07. The van der Waals surface area contributed by atoms with Gasteiger partial charge in [0.05, 0.1) is 0 Å². The van der Waals surface area contributed by atoms with Crippen molar-refractivity contribution in [3.05, 3.63) is 84.4 Å². The highest BCUT2D eigenvalue weighted by molar-refractivity contribution is 5.91. The van der Waals surface area contributed by atoms with Gasteiger partial charge in [0.2, 0.25) is 5.82 Å². The lowest BCUT2D eigenvalue weighted by Gasteiger charge is -2.08. The fourth-order valence-corrected chi connectivity index (χ4v) is 2.65. The Balaban J connectivity index is 1.41. The number of amides is 1. The highest BCUT2D eigenvalue weighted by atomic mass is 19.1. The van der Waals surface area contributed by atoms with E-state index in [4.69, 9.17) is 9.26 Å². The van der Waals surface area contributed by atoms with E-state index in [1.165, 1.54) is 36.4 Å². The van der Waals surface area contributed by atoms with Crippen LogP contribution in [0, 0.1) is 11.6 Å². The second-order valence-electron chi connectivity index (χ2n) is 6.30. The molecule has 1 heterocycles. The van der Waals surface area contributed by atoms with Gasteiger partial charge < -0.3 is 14.6 Å². The minimum absolute atomic E-state index is 0.228. The fourth-order valence-electron chi connectivity index (χ4n) is 2.65. The SMILES string of the molecule is O=C(COc1cccc(-c2noc(-c3ccc(F)cc3)n2)c1)Nc1ccc(F)cc1. The summed E-state index contributed by atoms with van der Waals surface area (Å²) in [5.74, 6) is -0.0949. The summed E-state index contributed by atoms with van der Waals surface area (Å²) in [4.78, 5) is 16.3. The van der Waals surface area contributed by atoms with Crippen LogP contribution in [0.1, 0.15) is 0 Å². The van der Waals surface area contributed by atoms with Crippen LogP contribution in [0.4, 0.5) is 14.5 Å². The van der Waals surface area contributed by atoms with Gasteiger partial charge in [-0.1, -0.05) is 17.3 Å². The molecular weight excluding hydrogens is 392 g/mol. The van der Waals surface area contributed by atoms with Crippen LogP contribution in [0.3, 0.4) is 0 Å². The molecule has 0 unspecified atom stereocenters. The number of carbonyl (C=O) groups is 1. The van der Waals surface area contributed by atoms with Crippen molar-refractivity contribution in [1.29, 1.82) is 0 Å². The number of carbonyl (C=O) groups excluding carboxylic acids is 1. The van der Waals surface area contributed by atoms with Gasteiger partial charge >= 0.3 is 0 Å². The first-order valence-corrected chi connectivity index (χ1v) is 8.95. The van der Waals surface area contributed by atoms with E-state index in [9.17, 15) is 13.6 Å². The van der Waals surface area contributed by atoms with E-state index in [-0.39, 0.29) is 30.0 Å². The number of aromatic nitrogens is 2. The van der Waals surface area contributed by atoms with Crippen LogP contribution in [-0.4, -0.2) is 22.7 Å².